The summed E-state index contributed by atoms with van der Waals surface area (Å²) in [6, 6.07) is 7.98. The van der Waals surface area contributed by atoms with Gasteiger partial charge in [0, 0.05) is 20.0 Å². The molecule has 0 aliphatic carbocycles. The maximum atomic E-state index is 11.9. The van der Waals surface area contributed by atoms with E-state index in [1.54, 1.807) is 7.05 Å². The van der Waals surface area contributed by atoms with Crippen LogP contribution in [-0.2, 0) is 11.2 Å². The normalized spacial score (nSPS) is 12.0. The molecule has 5 nitrogen and oxygen atoms in total. The van der Waals surface area contributed by atoms with Crippen molar-refractivity contribution in [2.24, 2.45) is 5.92 Å². The summed E-state index contributed by atoms with van der Waals surface area (Å²) in [6.45, 7) is 4.59. The Morgan fingerprint density at radius 1 is 1.25 bits per heavy atom. The monoisotopic (exact) mass is 278 g/mol. The van der Waals surface area contributed by atoms with Gasteiger partial charge in [0.05, 0.1) is 0 Å². The highest BCUT2D eigenvalue weighted by molar-refractivity contribution is 5.82. The van der Waals surface area contributed by atoms with Crippen molar-refractivity contribution in [2.45, 2.75) is 26.3 Å². The van der Waals surface area contributed by atoms with E-state index in [9.17, 15) is 14.7 Å². The van der Waals surface area contributed by atoms with Crippen LogP contribution < -0.4 is 5.32 Å². The van der Waals surface area contributed by atoms with E-state index in [1.807, 2.05) is 44.2 Å². The Labute approximate surface area is 119 Å². The third-order valence-corrected chi connectivity index (χ3v) is 2.86. The number of aliphatic carboxylic acids is 1. The Kier molecular flexibility index (Phi) is 6.03. The SMILES string of the molecule is CC(C)CN(C)C(=O)N[C@@H](Cc1ccccc1)C(=O)O. The molecule has 0 spiro atoms. The number of amides is 2. The Bertz CT molecular complexity index is 446. The average Bonchev–Trinajstić information content (AvgIpc) is 2.38. The van der Waals surface area contributed by atoms with Gasteiger partial charge in [-0.25, -0.2) is 9.59 Å². The Morgan fingerprint density at radius 3 is 2.35 bits per heavy atom. The molecule has 20 heavy (non-hydrogen) atoms. The van der Waals surface area contributed by atoms with Gasteiger partial charge >= 0.3 is 12.0 Å². The van der Waals surface area contributed by atoms with Crippen LogP contribution in [0.25, 0.3) is 0 Å². The van der Waals surface area contributed by atoms with Crippen molar-refractivity contribution >= 4 is 12.0 Å². The van der Waals surface area contributed by atoms with Crippen LogP contribution in [0.3, 0.4) is 0 Å². The molecule has 110 valence electrons. The van der Waals surface area contributed by atoms with Gasteiger partial charge in [-0.2, -0.15) is 0 Å². The predicted octanol–water partition coefficient (Wildman–Crippen LogP) is 1.98. The predicted molar refractivity (Wildman–Crippen MR) is 77.6 cm³/mol. The smallest absolute Gasteiger partial charge is 0.326 e. The third-order valence-electron chi connectivity index (χ3n) is 2.86. The van der Waals surface area contributed by atoms with E-state index in [2.05, 4.69) is 5.32 Å². The van der Waals surface area contributed by atoms with Crippen LogP contribution in [0.2, 0.25) is 0 Å². The van der Waals surface area contributed by atoms with Crippen LogP contribution in [0.1, 0.15) is 19.4 Å². The lowest BCUT2D eigenvalue weighted by atomic mass is 10.1. The zero-order valence-corrected chi connectivity index (χ0v) is 12.2. The number of carboxylic acids is 1. The van der Waals surface area contributed by atoms with E-state index in [0.717, 1.165) is 5.56 Å². The first-order valence-corrected chi connectivity index (χ1v) is 6.68. The van der Waals surface area contributed by atoms with Gasteiger partial charge in [0.1, 0.15) is 6.04 Å². The number of hydrogen-bond acceptors (Lipinski definition) is 2. The summed E-state index contributed by atoms with van der Waals surface area (Å²) in [5, 5.41) is 11.8. The second kappa shape index (κ2) is 7.53. The van der Waals surface area contributed by atoms with Crippen LogP contribution in [0.15, 0.2) is 30.3 Å². The Hall–Kier alpha value is -2.04. The molecule has 1 atom stereocenters. The number of carboxylic acid groups (broad SMARTS) is 1. The number of rotatable bonds is 6. The zero-order valence-electron chi connectivity index (χ0n) is 12.2. The molecule has 5 heteroatoms. The van der Waals surface area contributed by atoms with Crippen molar-refractivity contribution in [3.8, 4) is 0 Å². The van der Waals surface area contributed by atoms with Gasteiger partial charge < -0.3 is 15.3 Å². The first-order chi connectivity index (χ1) is 9.40. The third kappa shape index (κ3) is 5.30. The van der Waals surface area contributed by atoms with E-state index in [-0.39, 0.29) is 12.5 Å². The molecule has 0 fully saturated rings. The molecule has 1 rings (SSSR count). The second-order valence-corrected chi connectivity index (χ2v) is 5.30. The van der Waals surface area contributed by atoms with Gasteiger partial charge in [0.2, 0.25) is 0 Å². The molecule has 0 unspecified atom stereocenters. The number of nitrogens with one attached hydrogen (secondary N) is 1. The fraction of sp³-hybridized carbons (Fsp3) is 0.467. The minimum atomic E-state index is -1.03. The second-order valence-electron chi connectivity index (χ2n) is 5.30. The lowest BCUT2D eigenvalue weighted by molar-refractivity contribution is -0.139. The summed E-state index contributed by atoms with van der Waals surface area (Å²) in [4.78, 5) is 24.7. The van der Waals surface area contributed by atoms with Gasteiger partial charge in [-0.15, -0.1) is 0 Å². The molecule has 0 heterocycles. The van der Waals surface area contributed by atoms with Gasteiger partial charge in [0.25, 0.3) is 0 Å². The lowest BCUT2D eigenvalue weighted by Crippen LogP contribution is -2.48. The van der Waals surface area contributed by atoms with Crippen LogP contribution >= 0.6 is 0 Å². The van der Waals surface area contributed by atoms with Crippen molar-refractivity contribution in [1.82, 2.24) is 10.2 Å². The molecule has 1 aromatic carbocycles. The van der Waals surface area contributed by atoms with Gasteiger partial charge in [-0.1, -0.05) is 44.2 Å². The topological polar surface area (TPSA) is 69.6 Å². The van der Waals surface area contributed by atoms with E-state index in [4.69, 9.17) is 0 Å². The van der Waals surface area contributed by atoms with Crippen LogP contribution in [0.4, 0.5) is 4.79 Å². The van der Waals surface area contributed by atoms with Crippen molar-refractivity contribution in [3.05, 3.63) is 35.9 Å². The molecule has 0 aliphatic heterocycles. The number of urea groups is 1. The summed E-state index contributed by atoms with van der Waals surface area (Å²) in [6.07, 6.45) is 0.275. The Balaban J connectivity index is 2.64. The molecule has 0 saturated heterocycles. The fourth-order valence-electron chi connectivity index (χ4n) is 1.94. The lowest BCUT2D eigenvalue weighted by Gasteiger charge is -2.22. The summed E-state index contributed by atoms with van der Waals surface area (Å²) >= 11 is 0. The molecule has 2 amide bonds. The molecule has 0 aliphatic rings. The van der Waals surface area contributed by atoms with Gasteiger partial charge in [-0.3, -0.25) is 0 Å². The number of carbonyl (C=O) groups excluding carboxylic acids is 1. The molecular formula is C15H22N2O3. The highest BCUT2D eigenvalue weighted by Gasteiger charge is 2.22. The number of hydrogen-bond donors (Lipinski definition) is 2. The number of benzene rings is 1. The van der Waals surface area contributed by atoms with Crippen LogP contribution in [0.5, 0.6) is 0 Å². The molecule has 0 radical (unpaired) electrons. The van der Waals surface area contributed by atoms with Gasteiger partial charge in [-0.05, 0) is 11.5 Å². The molecule has 0 bridgehead atoms. The molecule has 0 saturated carbocycles. The highest BCUT2D eigenvalue weighted by atomic mass is 16.4. The quantitative estimate of drug-likeness (QED) is 0.836. The molecular weight excluding hydrogens is 256 g/mol. The van der Waals surface area contributed by atoms with E-state index in [1.165, 1.54) is 4.90 Å². The minimum Gasteiger partial charge on any atom is -0.480 e. The van der Waals surface area contributed by atoms with E-state index >= 15 is 0 Å². The summed E-state index contributed by atoms with van der Waals surface area (Å²) in [7, 11) is 1.66. The Morgan fingerprint density at radius 2 is 1.85 bits per heavy atom. The first kappa shape index (κ1) is 16.0. The molecule has 0 aromatic heterocycles. The summed E-state index contributed by atoms with van der Waals surface area (Å²) < 4.78 is 0. The summed E-state index contributed by atoms with van der Waals surface area (Å²) in [5.41, 5.74) is 0.881. The summed E-state index contributed by atoms with van der Waals surface area (Å²) in [5.74, 6) is -0.691. The average molecular weight is 278 g/mol. The molecule has 1 aromatic rings. The minimum absolute atomic E-state index is 0.275. The maximum Gasteiger partial charge on any atom is 0.326 e. The zero-order chi connectivity index (χ0) is 15.1. The standard InChI is InChI=1S/C15H22N2O3/c1-11(2)10-17(3)15(20)16-13(14(18)19)9-12-7-5-4-6-8-12/h4-8,11,13H,9-10H2,1-3H3,(H,16,20)(H,18,19)/t13-/m0/s1. The van der Waals surface area contributed by atoms with E-state index in [0.29, 0.717) is 12.5 Å². The largest absolute Gasteiger partial charge is 0.480 e. The van der Waals surface area contributed by atoms with Crippen molar-refractivity contribution < 1.29 is 14.7 Å². The first-order valence-electron chi connectivity index (χ1n) is 6.68. The van der Waals surface area contributed by atoms with Crippen molar-refractivity contribution in [1.29, 1.82) is 0 Å². The fourth-order valence-corrected chi connectivity index (χ4v) is 1.94. The highest BCUT2D eigenvalue weighted by Crippen LogP contribution is 2.04. The molecule has 2 N–H and O–H groups in total. The van der Waals surface area contributed by atoms with Crippen LogP contribution in [-0.4, -0.2) is 41.6 Å². The number of nitrogens with zero attached hydrogens (tertiary/aromatic N) is 1. The van der Waals surface area contributed by atoms with Crippen molar-refractivity contribution in [2.75, 3.05) is 13.6 Å². The van der Waals surface area contributed by atoms with Crippen LogP contribution in [0, 0.1) is 5.92 Å². The number of carbonyl (C=O) groups is 2. The van der Waals surface area contributed by atoms with Gasteiger partial charge in [0.15, 0.2) is 0 Å². The van der Waals surface area contributed by atoms with Crippen molar-refractivity contribution in [3.63, 3.8) is 0 Å². The maximum absolute atomic E-state index is 11.9. The van der Waals surface area contributed by atoms with E-state index < -0.39 is 12.0 Å².